The lowest BCUT2D eigenvalue weighted by atomic mass is 10.0. The molecule has 0 aliphatic rings. The molecule has 232 valence electrons. The average Bonchev–Trinajstić information content (AvgIpc) is 2.94. The van der Waals surface area contributed by atoms with E-state index in [0.29, 0.717) is 22.4 Å². The highest BCUT2D eigenvalue weighted by molar-refractivity contribution is 7.92. The number of nitrogens with one attached hydrogen (secondary N) is 1. The Morgan fingerprint density at radius 2 is 1.63 bits per heavy atom. The third-order valence-electron chi connectivity index (χ3n) is 7.10. The van der Waals surface area contributed by atoms with Crippen LogP contribution in [0.1, 0.15) is 42.5 Å². The summed E-state index contributed by atoms with van der Waals surface area (Å²) in [4.78, 5) is 29.1. The van der Waals surface area contributed by atoms with Gasteiger partial charge in [0.05, 0.1) is 22.5 Å². The van der Waals surface area contributed by atoms with Crippen molar-refractivity contribution >= 4 is 39.1 Å². The van der Waals surface area contributed by atoms with Gasteiger partial charge >= 0.3 is 6.18 Å². The van der Waals surface area contributed by atoms with Crippen LogP contribution in [0.25, 0.3) is 0 Å². The maximum Gasteiger partial charge on any atom is 0.416 e. The van der Waals surface area contributed by atoms with Crippen molar-refractivity contribution in [3.63, 3.8) is 0 Å². The number of halogens is 4. The van der Waals surface area contributed by atoms with E-state index < -0.39 is 51.9 Å². The van der Waals surface area contributed by atoms with Crippen molar-refractivity contribution in [2.75, 3.05) is 17.1 Å². The molecule has 0 spiro atoms. The molecule has 0 aliphatic heterocycles. The molecule has 0 heterocycles. The van der Waals surface area contributed by atoms with E-state index in [1.54, 1.807) is 24.3 Å². The molecule has 0 radical (unpaired) electrons. The Hall–Kier alpha value is -3.57. The zero-order chi connectivity index (χ0) is 31.9. The molecule has 2 amide bonds. The van der Waals surface area contributed by atoms with E-state index in [1.165, 1.54) is 4.90 Å². The SMILES string of the molecule is CCC(C)NC(=O)C(Cc1ccccc1)N(Cc1ccccc1C)C(=O)CN(c1cc(C(F)(F)F)ccc1Cl)S(C)(=O)=O. The van der Waals surface area contributed by atoms with Gasteiger partial charge in [0.15, 0.2) is 0 Å². The number of sulfonamides is 1. The summed E-state index contributed by atoms with van der Waals surface area (Å²) in [6.45, 7) is 4.63. The van der Waals surface area contributed by atoms with Gasteiger partial charge in [0.25, 0.3) is 0 Å². The molecule has 3 rings (SSSR count). The number of nitrogens with zero attached hydrogens (tertiary/aromatic N) is 2. The smallest absolute Gasteiger partial charge is 0.352 e. The van der Waals surface area contributed by atoms with Gasteiger partial charge in [0.1, 0.15) is 12.6 Å². The minimum atomic E-state index is -4.78. The summed E-state index contributed by atoms with van der Waals surface area (Å²) < 4.78 is 67.0. The second-order valence-electron chi connectivity index (χ2n) is 10.4. The van der Waals surface area contributed by atoms with Crippen molar-refractivity contribution < 1.29 is 31.2 Å². The van der Waals surface area contributed by atoms with E-state index in [-0.39, 0.29) is 24.0 Å². The first-order chi connectivity index (χ1) is 20.1. The average molecular weight is 638 g/mol. The number of amides is 2. The van der Waals surface area contributed by atoms with Gasteiger partial charge in [-0.1, -0.05) is 73.1 Å². The highest BCUT2D eigenvalue weighted by atomic mass is 35.5. The normalized spacial score (nSPS) is 13.2. The van der Waals surface area contributed by atoms with E-state index >= 15 is 0 Å². The third kappa shape index (κ3) is 9.21. The molecule has 3 aromatic rings. The Morgan fingerprint density at radius 3 is 2.21 bits per heavy atom. The van der Waals surface area contributed by atoms with Crippen molar-refractivity contribution in [2.45, 2.75) is 58.4 Å². The quantitative estimate of drug-likeness (QED) is 0.264. The molecule has 43 heavy (non-hydrogen) atoms. The van der Waals surface area contributed by atoms with Crippen molar-refractivity contribution in [3.05, 3.63) is 100 Å². The van der Waals surface area contributed by atoms with Crippen molar-refractivity contribution in [2.24, 2.45) is 0 Å². The van der Waals surface area contributed by atoms with Crippen LogP contribution in [0.4, 0.5) is 18.9 Å². The lowest BCUT2D eigenvalue weighted by Crippen LogP contribution is -2.54. The van der Waals surface area contributed by atoms with Gasteiger partial charge in [-0.15, -0.1) is 0 Å². The first-order valence-corrected chi connectivity index (χ1v) is 15.9. The number of alkyl halides is 3. The van der Waals surface area contributed by atoms with Crippen LogP contribution < -0.4 is 9.62 Å². The minimum Gasteiger partial charge on any atom is -0.352 e. The number of carbonyl (C=O) groups is 2. The van der Waals surface area contributed by atoms with Gasteiger partial charge in [0, 0.05) is 19.0 Å². The Balaban J connectivity index is 2.13. The molecule has 0 bridgehead atoms. The van der Waals surface area contributed by atoms with Crippen LogP contribution in [-0.2, 0) is 38.8 Å². The fraction of sp³-hybridized carbons (Fsp3) is 0.355. The summed E-state index contributed by atoms with van der Waals surface area (Å²) in [5.74, 6) is -1.23. The van der Waals surface area contributed by atoms with E-state index in [0.717, 1.165) is 29.5 Å². The van der Waals surface area contributed by atoms with E-state index in [1.807, 2.05) is 51.1 Å². The third-order valence-corrected chi connectivity index (χ3v) is 8.54. The molecule has 3 aromatic carbocycles. The maximum atomic E-state index is 14.1. The van der Waals surface area contributed by atoms with Gasteiger partial charge in [0.2, 0.25) is 21.8 Å². The first-order valence-electron chi connectivity index (χ1n) is 13.6. The molecule has 0 fully saturated rings. The van der Waals surface area contributed by atoms with Crippen molar-refractivity contribution in [1.29, 1.82) is 0 Å². The number of rotatable bonds is 12. The Bertz CT molecular complexity index is 1530. The van der Waals surface area contributed by atoms with Crippen LogP contribution in [0.2, 0.25) is 5.02 Å². The van der Waals surface area contributed by atoms with Gasteiger partial charge in [-0.3, -0.25) is 13.9 Å². The number of hydrogen-bond acceptors (Lipinski definition) is 4. The Morgan fingerprint density at radius 1 is 1.00 bits per heavy atom. The topological polar surface area (TPSA) is 86.8 Å². The zero-order valence-electron chi connectivity index (χ0n) is 24.4. The van der Waals surface area contributed by atoms with Crippen molar-refractivity contribution in [1.82, 2.24) is 10.2 Å². The fourth-order valence-electron chi connectivity index (χ4n) is 4.44. The van der Waals surface area contributed by atoms with Crippen LogP contribution >= 0.6 is 11.6 Å². The summed E-state index contributed by atoms with van der Waals surface area (Å²) in [5.41, 5.74) is 0.692. The molecular formula is C31H35ClF3N3O4S. The molecule has 2 unspecified atom stereocenters. The van der Waals surface area contributed by atoms with Crippen LogP contribution in [0.15, 0.2) is 72.8 Å². The van der Waals surface area contributed by atoms with Gasteiger partial charge in [-0.2, -0.15) is 13.2 Å². The van der Waals surface area contributed by atoms with E-state index in [2.05, 4.69) is 5.32 Å². The minimum absolute atomic E-state index is 0.0507. The molecule has 0 saturated carbocycles. The maximum absolute atomic E-state index is 14.1. The van der Waals surface area contributed by atoms with Crippen LogP contribution in [0.5, 0.6) is 0 Å². The molecule has 0 saturated heterocycles. The Labute approximate surface area is 255 Å². The molecule has 1 N–H and O–H groups in total. The molecular weight excluding hydrogens is 603 g/mol. The zero-order valence-corrected chi connectivity index (χ0v) is 25.9. The first kappa shape index (κ1) is 33.9. The number of anilines is 1. The number of carbonyl (C=O) groups excluding carboxylic acids is 2. The number of aryl methyl sites for hydroxylation is 1. The molecule has 2 atom stereocenters. The van der Waals surface area contributed by atoms with Gasteiger partial charge in [-0.25, -0.2) is 8.42 Å². The van der Waals surface area contributed by atoms with Gasteiger partial charge < -0.3 is 10.2 Å². The number of hydrogen-bond donors (Lipinski definition) is 1. The predicted octanol–water partition coefficient (Wildman–Crippen LogP) is 5.99. The van der Waals surface area contributed by atoms with Crippen LogP contribution in [-0.4, -0.2) is 50.0 Å². The second kappa shape index (κ2) is 14.3. The van der Waals surface area contributed by atoms with E-state index in [4.69, 9.17) is 11.6 Å². The molecule has 12 heteroatoms. The Kier molecular flexibility index (Phi) is 11.3. The second-order valence-corrected chi connectivity index (χ2v) is 12.7. The highest BCUT2D eigenvalue weighted by Gasteiger charge is 2.36. The highest BCUT2D eigenvalue weighted by Crippen LogP contribution is 2.36. The lowest BCUT2D eigenvalue weighted by Gasteiger charge is -2.34. The summed E-state index contributed by atoms with van der Waals surface area (Å²) >= 11 is 6.19. The molecule has 0 aromatic heterocycles. The fourth-order valence-corrected chi connectivity index (χ4v) is 5.56. The van der Waals surface area contributed by atoms with E-state index in [9.17, 15) is 31.2 Å². The van der Waals surface area contributed by atoms with Crippen LogP contribution in [0, 0.1) is 6.92 Å². The standard InChI is InChI=1S/C31H35ClF3N3O4S/c1-5-22(3)36-30(40)28(17-23-12-7-6-8-13-23)37(19-24-14-10-9-11-21(24)2)29(39)20-38(43(4,41)42)27-18-25(31(33,34)35)15-16-26(27)32/h6-16,18,22,28H,5,17,19-20H2,1-4H3,(H,36,40). The van der Waals surface area contributed by atoms with Gasteiger partial charge in [-0.05, 0) is 55.2 Å². The van der Waals surface area contributed by atoms with Crippen LogP contribution in [0.3, 0.4) is 0 Å². The summed E-state index contributed by atoms with van der Waals surface area (Å²) in [5, 5.41) is 2.64. The predicted molar refractivity (Wildman–Crippen MR) is 162 cm³/mol. The largest absolute Gasteiger partial charge is 0.416 e. The monoisotopic (exact) mass is 637 g/mol. The van der Waals surface area contributed by atoms with Crippen molar-refractivity contribution in [3.8, 4) is 0 Å². The lowest BCUT2D eigenvalue weighted by molar-refractivity contribution is -0.140. The summed E-state index contributed by atoms with van der Waals surface area (Å²) in [6, 6.07) is 17.3. The molecule has 0 aliphatic carbocycles. The number of benzene rings is 3. The summed E-state index contributed by atoms with van der Waals surface area (Å²) in [6.07, 6.45) is -3.26. The summed E-state index contributed by atoms with van der Waals surface area (Å²) in [7, 11) is -4.31. The molecule has 7 nitrogen and oxygen atoms in total.